The molecule has 0 N–H and O–H groups in total. The molecule has 0 fully saturated rings. The molecule has 0 saturated carbocycles. The fraction of sp³-hybridized carbons (Fsp3) is 0.0857. The van der Waals surface area contributed by atoms with Gasteiger partial charge in [0.1, 0.15) is 28.9 Å². The molecule has 0 aliphatic heterocycles. The van der Waals surface area contributed by atoms with E-state index in [4.69, 9.17) is 14.6 Å². The van der Waals surface area contributed by atoms with Crippen LogP contribution in [0.15, 0.2) is 109 Å². The summed E-state index contributed by atoms with van der Waals surface area (Å²) in [6.45, 7) is 4.11. The lowest BCUT2D eigenvalue weighted by Crippen LogP contribution is -2.00. The molecule has 6 nitrogen and oxygen atoms in total. The van der Waals surface area contributed by atoms with Crippen molar-refractivity contribution >= 4 is 21.8 Å². The van der Waals surface area contributed by atoms with Crippen molar-refractivity contribution in [2.45, 2.75) is 13.8 Å². The van der Waals surface area contributed by atoms with Gasteiger partial charge in [0.05, 0.1) is 29.5 Å². The van der Waals surface area contributed by atoms with Gasteiger partial charge in [-0.3, -0.25) is 4.57 Å². The molecule has 206 valence electrons. The fourth-order valence-electron chi connectivity index (χ4n) is 5.66. The van der Waals surface area contributed by atoms with Crippen molar-refractivity contribution in [2.24, 2.45) is 0 Å². The summed E-state index contributed by atoms with van der Waals surface area (Å²) in [6.07, 6.45) is 1.70. The molecule has 3 heterocycles. The Morgan fingerprint density at radius 1 is 0.714 bits per heavy atom. The maximum atomic E-state index is 14.3. The molecule has 0 unspecified atom stereocenters. The molecule has 0 radical (unpaired) electrons. The number of pyridine rings is 1. The molecule has 0 aliphatic carbocycles. The highest BCUT2D eigenvalue weighted by Gasteiger charge is 2.17. The van der Waals surface area contributed by atoms with Crippen molar-refractivity contribution in [3.8, 4) is 39.9 Å². The van der Waals surface area contributed by atoms with E-state index in [0.717, 1.165) is 50.0 Å². The van der Waals surface area contributed by atoms with Gasteiger partial charge in [0.15, 0.2) is 0 Å². The number of aryl methyl sites for hydroxylation is 1. The first-order valence-corrected chi connectivity index (χ1v) is 13.6. The highest BCUT2D eigenvalue weighted by molar-refractivity contribution is 6.09. The number of aromatic nitrogens is 4. The number of hydrogen-bond donors (Lipinski definition) is 0. The van der Waals surface area contributed by atoms with Gasteiger partial charge in [-0.15, -0.1) is 0 Å². The van der Waals surface area contributed by atoms with Crippen LogP contribution in [0.1, 0.15) is 11.4 Å². The van der Waals surface area contributed by atoms with Crippen LogP contribution in [-0.2, 0) is 0 Å². The first-order chi connectivity index (χ1) is 20.5. The van der Waals surface area contributed by atoms with Crippen LogP contribution in [0.5, 0.6) is 17.2 Å². The zero-order valence-corrected chi connectivity index (χ0v) is 23.4. The summed E-state index contributed by atoms with van der Waals surface area (Å²) in [5, 5.41) is 6.53. The highest BCUT2D eigenvalue weighted by atomic mass is 19.1. The zero-order chi connectivity index (χ0) is 28.8. The second kappa shape index (κ2) is 10.2. The van der Waals surface area contributed by atoms with Gasteiger partial charge in [0.2, 0.25) is 0 Å². The smallest absolute Gasteiger partial charge is 0.141 e. The molecule has 7 heteroatoms. The number of nitrogens with zero attached hydrogens (tertiary/aromatic N) is 4. The first-order valence-electron chi connectivity index (χ1n) is 13.6. The van der Waals surface area contributed by atoms with Gasteiger partial charge in [0, 0.05) is 46.4 Å². The standard InChI is InChI=1S/C35H27FN4O2/c1-22-35(24-8-5-4-6-9-24)23(2)40(38-22)26-10-7-11-28(19-26)42-29-13-14-30-31-18-25(36)12-15-32(31)39(33(30)20-29)34-21-27(41-3)16-17-37-34/h4-21H,1-3H3. The number of hydrogen-bond acceptors (Lipinski definition) is 4. The second-order valence-corrected chi connectivity index (χ2v) is 10.2. The van der Waals surface area contributed by atoms with Gasteiger partial charge >= 0.3 is 0 Å². The van der Waals surface area contributed by atoms with Crippen LogP contribution in [0.2, 0.25) is 0 Å². The minimum absolute atomic E-state index is 0.295. The van der Waals surface area contributed by atoms with Crippen LogP contribution in [0.4, 0.5) is 4.39 Å². The molecule has 7 rings (SSSR count). The van der Waals surface area contributed by atoms with Crippen molar-refractivity contribution in [3.63, 3.8) is 0 Å². The van der Waals surface area contributed by atoms with E-state index in [2.05, 4.69) is 24.0 Å². The van der Waals surface area contributed by atoms with E-state index in [0.29, 0.717) is 23.1 Å². The van der Waals surface area contributed by atoms with Gasteiger partial charge in [-0.1, -0.05) is 36.4 Å². The molecule has 0 spiro atoms. The monoisotopic (exact) mass is 554 g/mol. The van der Waals surface area contributed by atoms with Crippen molar-refractivity contribution in [1.29, 1.82) is 0 Å². The highest BCUT2D eigenvalue weighted by Crippen LogP contribution is 2.36. The topological polar surface area (TPSA) is 54.1 Å². The van der Waals surface area contributed by atoms with Crippen LogP contribution in [-0.4, -0.2) is 26.4 Å². The molecular formula is C35H27FN4O2. The zero-order valence-electron chi connectivity index (χ0n) is 23.4. The summed E-state index contributed by atoms with van der Waals surface area (Å²) in [4.78, 5) is 4.59. The Balaban J connectivity index is 1.30. The van der Waals surface area contributed by atoms with Gasteiger partial charge in [0.25, 0.3) is 0 Å². The van der Waals surface area contributed by atoms with E-state index in [-0.39, 0.29) is 5.82 Å². The van der Waals surface area contributed by atoms with Crippen molar-refractivity contribution in [1.82, 2.24) is 19.3 Å². The summed E-state index contributed by atoms with van der Waals surface area (Å²) < 4.78 is 30.1. The molecule has 0 atom stereocenters. The average Bonchev–Trinajstić information content (AvgIpc) is 3.49. The molecule has 42 heavy (non-hydrogen) atoms. The fourth-order valence-corrected chi connectivity index (χ4v) is 5.66. The van der Waals surface area contributed by atoms with Crippen LogP contribution in [0.25, 0.3) is 44.4 Å². The lowest BCUT2D eigenvalue weighted by molar-refractivity contribution is 0.414. The van der Waals surface area contributed by atoms with Crippen molar-refractivity contribution < 1.29 is 13.9 Å². The Labute approximate surface area is 242 Å². The largest absolute Gasteiger partial charge is 0.497 e. The van der Waals surface area contributed by atoms with E-state index in [1.807, 2.05) is 82.9 Å². The minimum atomic E-state index is -0.295. The van der Waals surface area contributed by atoms with Crippen LogP contribution < -0.4 is 9.47 Å². The predicted octanol–water partition coefficient (Wildman–Crippen LogP) is 8.59. The Bertz CT molecular complexity index is 2100. The normalized spacial score (nSPS) is 11.3. The molecule has 0 amide bonds. The maximum absolute atomic E-state index is 14.3. The van der Waals surface area contributed by atoms with Gasteiger partial charge in [-0.25, -0.2) is 14.1 Å². The summed E-state index contributed by atoms with van der Waals surface area (Å²) >= 11 is 0. The Morgan fingerprint density at radius 2 is 1.55 bits per heavy atom. The number of methoxy groups -OCH3 is 1. The van der Waals surface area contributed by atoms with E-state index in [1.165, 1.54) is 6.07 Å². The SMILES string of the molecule is COc1ccnc(-n2c3ccc(F)cc3c3ccc(Oc4cccc(-n5nc(C)c(-c6ccccc6)c5C)c4)cc32)c1. The van der Waals surface area contributed by atoms with E-state index >= 15 is 0 Å². The van der Waals surface area contributed by atoms with E-state index in [9.17, 15) is 4.39 Å². The van der Waals surface area contributed by atoms with Gasteiger partial charge in [-0.2, -0.15) is 5.10 Å². The van der Waals surface area contributed by atoms with Crippen LogP contribution in [0.3, 0.4) is 0 Å². The second-order valence-electron chi connectivity index (χ2n) is 10.2. The minimum Gasteiger partial charge on any atom is -0.497 e. The first kappa shape index (κ1) is 25.5. The molecule has 0 bridgehead atoms. The van der Waals surface area contributed by atoms with Crippen LogP contribution >= 0.6 is 0 Å². The quantitative estimate of drug-likeness (QED) is 0.207. The van der Waals surface area contributed by atoms with Gasteiger partial charge in [-0.05, 0) is 67.9 Å². The Hall–Kier alpha value is -5.43. The summed E-state index contributed by atoms with van der Waals surface area (Å²) in [7, 11) is 1.62. The van der Waals surface area contributed by atoms with Gasteiger partial charge < -0.3 is 9.47 Å². The lowest BCUT2D eigenvalue weighted by Gasteiger charge is -2.11. The number of halogens is 1. The van der Waals surface area contributed by atoms with E-state index < -0.39 is 0 Å². The third-order valence-electron chi connectivity index (χ3n) is 7.53. The number of ether oxygens (including phenoxy) is 2. The Morgan fingerprint density at radius 3 is 2.38 bits per heavy atom. The summed E-state index contributed by atoms with van der Waals surface area (Å²) in [5.41, 5.74) is 6.87. The summed E-state index contributed by atoms with van der Waals surface area (Å²) in [6, 6.07) is 32.4. The number of benzene rings is 4. The third-order valence-corrected chi connectivity index (χ3v) is 7.53. The summed E-state index contributed by atoms with van der Waals surface area (Å²) in [5.74, 6) is 2.37. The molecule has 7 aromatic rings. The lowest BCUT2D eigenvalue weighted by atomic mass is 10.0. The maximum Gasteiger partial charge on any atom is 0.141 e. The van der Waals surface area contributed by atoms with Crippen molar-refractivity contribution in [2.75, 3.05) is 7.11 Å². The van der Waals surface area contributed by atoms with Crippen molar-refractivity contribution in [3.05, 3.63) is 127 Å². The number of rotatable bonds is 6. The molecule has 0 aliphatic rings. The number of fused-ring (bicyclic) bond motifs is 3. The third kappa shape index (κ3) is 4.36. The molecule has 3 aromatic heterocycles. The van der Waals surface area contributed by atoms with Crippen LogP contribution in [0, 0.1) is 19.7 Å². The Kier molecular flexibility index (Phi) is 6.20. The predicted molar refractivity (Wildman–Crippen MR) is 164 cm³/mol. The molecule has 4 aromatic carbocycles. The average molecular weight is 555 g/mol. The molecular weight excluding hydrogens is 527 g/mol. The molecule has 0 saturated heterocycles. The van der Waals surface area contributed by atoms with E-state index in [1.54, 1.807) is 31.5 Å².